The minimum absolute atomic E-state index is 0. The summed E-state index contributed by atoms with van der Waals surface area (Å²) in [7, 11) is 0. The molecule has 0 rings (SSSR count). The molecule has 0 heterocycles. The smallest absolute Gasteiger partial charge is 0.0856 e. The fourth-order valence-corrected chi connectivity index (χ4v) is 1.77. The predicted molar refractivity (Wildman–Crippen MR) is 91.3 cm³/mol. The zero-order valence-electron chi connectivity index (χ0n) is 14.4. The SMILES string of the molecule is CCCCCOCC(OCCCCC)C(C)(C)C.Cl.N. The van der Waals surface area contributed by atoms with Gasteiger partial charge in [-0.2, -0.15) is 0 Å². The molecule has 0 aliphatic rings. The molecule has 0 bridgehead atoms. The molecule has 20 heavy (non-hydrogen) atoms. The Bertz CT molecular complexity index is 184. The maximum Gasteiger partial charge on any atom is 0.0856 e. The molecule has 0 saturated carbocycles. The molecular weight excluding hydrogens is 274 g/mol. The molecule has 0 aliphatic carbocycles. The molecule has 1 unspecified atom stereocenters. The minimum Gasteiger partial charge on any atom is -0.379 e. The summed E-state index contributed by atoms with van der Waals surface area (Å²) in [6, 6.07) is 0. The van der Waals surface area contributed by atoms with E-state index in [0.29, 0.717) is 0 Å². The van der Waals surface area contributed by atoms with Crippen molar-refractivity contribution in [2.75, 3.05) is 19.8 Å². The summed E-state index contributed by atoms with van der Waals surface area (Å²) in [5.41, 5.74) is 0.164. The van der Waals surface area contributed by atoms with Crippen LogP contribution in [0.25, 0.3) is 0 Å². The Kier molecular flexibility index (Phi) is 19.6. The molecule has 3 nitrogen and oxygen atoms in total. The summed E-state index contributed by atoms with van der Waals surface area (Å²) >= 11 is 0. The van der Waals surface area contributed by atoms with Gasteiger partial charge in [0.25, 0.3) is 0 Å². The lowest BCUT2D eigenvalue weighted by Crippen LogP contribution is -2.34. The predicted octanol–water partition coefficient (Wildman–Crippen LogP) is 5.40. The Balaban J connectivity index is -0.00000144. The van der Waals surface area contributed by atoms with Gasteiger partial charge in [0.1, 0.15) is 0 Å². The second kappa shape index (κ2) is 15.6. The van der Waals surface area contributed by atoms with Crippen molar-refractivity contribution in [2.24, 2.45) is 5.41 Å². The van der Waals surface area contributed by atoms with Crippen molar-refractivity contribution in [3.05, 3.63) is 0 Å². The zero-order valence-corrected chi connectivity index (χ0v) is 15.2. The van der Waals surface area contributed by atoms with Gasteiger partial charge in [-0.05, 0) is 18.3 Å². The summed E-state index contributed by atoms with van der Waals surface area (Å²) in [5, 5.41) is 0. The van der Waals surface area contributed by atoms with Crippen LogP contribution >= 0.6 is 12.4 Å². The van der Waals surface area contributed by atoms with E-state index in [9.17, 15) is 0 Å². The van der Waals surface area contributed by atoms with Crippen molar-refractivity contribution in [3.8, 4) is 0 Å². The maximum atomic E-state index is 5.99. The molecule has 0 aliphatic heterocycles. The van der Waals surface area contributed by atoms with E-state index in [4.69, 9.17) is 9.47 Å². The first-order chi connectivity index (χ1) is 8.52. The zero-order chi connectivity index (χ0) is 13.9. The second-order valence-corrected chi connectivity index (χ2v) is 6.21. The summed E-state index contributed by atoms with van der Waals surface area (Å²) in [5.74, 6) is 0. The molecule has 0 amide bonds. The summed E-state index contributed by atoms with van der Waals surface area (Å²) in [6.45, 7) is 13.6. The van der Waals surface area contributed by atoms with E-state index in [1.165, 1.54) is 38.5 Å². The van der Waals surface area contributed by atoms with Crippen LogP contribution in [0.15, 0.2) is 0 Å². The van der Waals surface area contributed by atoms with Crippen LogP contribution in [0.2, 0.25) is 0 Å². The fourth-order valence-electron chi connectivity index (χ4n) is 1.77. The minimum atomic E-state index is 0. The van der Waals surface area contributed by atoms with Crippen LogP contribution in [-0.4, -0.2) is 25.9 Å². The van der Waals surface area contributed by atoms with E-state index >= 15 is 0 Å². The molecule has 0 aromatic rings. The molecule has 4 heteroatoms. The van der Waals surface area contributed by atoms with Crippen molar-refractivity contribution in [2.45, 2.75) is 79.2 Å². The van der Waals surface area contributed by atoms with E-state index < -0.39 is 0 Å². The van der Waals surface area contributed by atoms with Crippen LogP contribution < -0.4 is 6.15 Å². The van der Waals surface area contributed by atoms with Gasteiger partial charge in [-0.1, -0.05) is 60.3 Å². The largest absolute Gasteiger partial charge is 0.379 e. The van der Waals surface area contributed by atoms with Crippen LogP contribution in [0.1, 0.15) is 73.1 Å². The molecule has 0 aromatic carbocycles. The fraction of sp³-hybridized carbons (Fsp3) is 1.00. The normalized spacial score (nSPS) is 12.4. The third-order valence-electron chi connectivity index (χ3n) is 3.19. The van der Waals surface area contributed by atoms with Gasteiger partial charge < -0.3 is 15.6 Å². The van der Waals surface area contributed by atoms with Crippen molar-refractivity contribution in [1.82, 2.24) is 6.15 Å². The lowest BCUT2D eigenvalue weighted by Gasteiger charge is -2.30. The highest BCUT2D eigenvalue weighted by Gasteiger charge is 2.25. The number of hydrogen-bond acceptors (Lipinski definition) is 3. The second-order valence-electron chi connectivity index (χ2n) is 6.21. The standard InChI is InChI=1S/C16H34O2.ClH.H3N/c1-6-8-10-12-17-14-15(16(3,4)5)18-13-11-9-7-2;;/h15H,6-14H2,1-5H3;1H;1H3. The molecule has 0 spiro atoms. The van der Waals surface area contributed by atoms with Gasteiger partial charge in [-0.15, -0.1) is 12.4 Å². The summed E-state index contributed by atoms with van der Waals surface area (Å²) in [4.78, 5) is 0. The number of ether oxygens (including phenoxy) is 2. The molecule has 0 aromatic heterocycles. The summed E-state index contributed by atoms with van der Waals surface area (Å²) in [6.07, 6.45) is 7.57. The molecule has 1 atom stereocenters. The van der Waals surface area contributed by atoms with Crippen molar-refractivity contribution >= 4 is 12.4 Å². The highest BCUT2D eigenvalue weighted by Crippen LogP contribution is 2.23. The van der Waals surface area contributed by atoms with Gasteiger partial charge in [0.2, 0.25) is 0 Å². The Hall–Kier alpha value is 0.170. The van der Waals surface area contributed by atoms with E-state index in [-0.39, 0.29) is 30.1 Å². The van der Waals surface area contributed by atoms with Gasteiger partial charge in [0.05, 0.1) is 12.7 Å². The summed E-state index contributed by atoms with van der Waals surface area (Å²) < 4.78 is 11.7. The number of rotatable bonds is 11. The van der Waals surface area contributed by atoms with Gasteiger partial charge in [0, 0.05) is 13.2 Å². The number of hydrogen-bond donors (Lipinski definition) is 1. The Morgan fingerprint density at radius 3 is 1.80 bits per heavy atom. The Labute approximate surface area is 133 Å². The molecule has 126 valence electrons. The average Bonchev–Trinajstić information content (AvgIpc) is 2.30. The van der Waals surface area contributed by atoms with Crippen molar-refractivity contribution in [1.29, 1.82) is 0 Å². The number of halogens is 1. The molecule has 0 saturated heterocycles. The first-order valence-corrected chi connectivity index (χ1v) is 7.71. The third-order valence-corrected chi connectivity index (χ3v) is 3.19. The monoisotopic (exact) mass is 311 g/mol. The van der Waals surface area contributed by atoms with Crippen LogP contribution in [0.4, 0.5) is 0 Å². The van der Waals surface area contributed by atoms with Crippen LogP contribution in [0.5, 0.6) is 0 Å². The highest BCUT2D eigenvalue weighted by molar-refractivity contribution is 5.85. The third kappa shape index (κ3) is 14.6. The van der Waals surface area contributed by atoms with Gasteiger partial charge in [0.15, 0.2) is 0 Å². The van der Waals surface area contributed by atoms with E-state index in [1.54, 1.807) is 0 Å². The van der Waals surface area contributed by atoms with Crippen molar-refractivity contribution < 1.29 is 9.47 Å². The van der Waals surface area contributed by atoms with Gasteiger partial charge in [-0.25, -0.2) is 0 Å². The molecule has 0 radical (unpaired) electrons. The molecular formula is C16H38ClNO2. The van der Waals surface area contributed by atoms with Crippen molar-refractivity contribution in [3.63, 3.8) is 0 Å². The lowest BCUT2D eigenvalue weighted by atomic mass is 9.89. The van der Waals surface area contributed by atoms with E-state index in [2.05, 4.69) is 34.6 Å². The van der Waals surface area contributed by atoms with Crippen LogP contribution in [0, 0.1) is 5.41 Å². The van der Waals surface area contributed by atoms with Gasteiger partial charge >= 0.3 is 0 Å². The average molecular weight is 312 g/mol. The molecule has 3 N–H and O–H groups in total. The van der Waals surface area contributed by atoms with Crippen LogP contribution in [-0.2, 0) is 9.47 Å². The topological polar surface area (TPSA) is 53.5 Å². The quantitative estimate of drug-likeness (QED) is 0.520. The Morgan fingerprint density at radius 1 is 0.850 bits per heavy atom. The first kappa shape index (κ1) is 25.1. The lowest BCUT2D eigenvalue weighted by molar-refractivity contribution is -0.0704. The highest BCUT2D eigenvalue weighted by atomic mass is 35.5. The first-order valence-electron chi connectivity index (χ1n) is 7.71. The van der Waals surface area contributed by atoms with Crippen LogP contribution in [0.3, 0.4) is 0 Å². The van der Waals surface area contributed by atoms with E-state index in [0.717, 1.165) is 19.8 Å². The van der Waals surface area contributed by atoms with E-state index in [1.807, 2.05) is 0 Å². The number of unbranched alkanes of at least 4 members (excludes halogenated alkanes) is 4. The maximum absolute atomic E-state index is 5.99. The molecule has 0 fully saturated rings. The van der Waals surface area contributed by atoms with Gasteiger partial charge in [-0.3, -0.25) is 0 Å². The Morgan fingerprint density at radius 2 is 1.35 bits per heavy atom.